The van der Waals surface area contributed by atoms with Gasteiger partial charge in [0.1, 0.15) is 0 Å². The van der Waals surface area contributed by atoms with E-state index in [-0.39, 0.29) is 11.5 Å². The second-order valence-electron chi connectivity index (χ2n) is 5.86. The molecule has 1 fully saturated rings. The van der Waals surface area contributed by atoms with E-state index in [1.807, 2.05) is 18.7 Å². The monoisotopic (exact) mass is 271 g/mol. The van der Waals surface area contributed by atoms with Gasteiger partial charge in [-0.15, -0.1) is 0 Å². The summed E-state index contributed by atoms with van der Waals surface area (Å²) in [5, 5.41) is 0. The van der Waals surface area contributed by atoms with E-state index in [0.717, 1.165) is 52.1 Å². The highest BCUT2D eigenvalue weighted by Crippen LogP contribution is 2.16. The molecule has 0 aromatic carbocycles. The summed E-state index contributed by atoms with van der Waals surface area (Å²) in [5.41, 5.74) is 5.17. The Balaban J connectivity index is 2.41. The third-order valence-corrected chi connectivity index (χ3v) is 3.75. The molecule has 2 N–H and O–H groups in total. The van der Waals surface area contributed by atoms with Crippen molar-refractivity contribution in [2.24, 2.45) is 5.73 Å². The van der Waals surface area contributed by atoms with Gasteiger partial charge in [-0.3, -0.25) is 4.79 Å². The van der Waals surface area contributed by atoms with Crippen molar-refractivity contribution in [3.63, 3.8) is 0 Å². The Labute approximate surface area is 117 Å². The zero-order valence-electron chi connectivity index (χ0n) is 12.7. The largest absolute Gasteiger partial charge is 0.378 e. The summed E-state index contributed by atoms with van der Waals surface area (Å²) in [6, 6.07) is 0. The first kappa shape index (κ1) is 16.4. The zero-order chi connectivity index (χ0) is 14.3. The Kier molecular flexibility index (Phi) is 6.75. The van der Waals surface area contributed by atoms with Crippen molar-refractivity contribution in [3.05, 3.63) is 0 Å². The third-order valence-electron chi connectivity index (χ3n) is 3.75. The van der Waals surface area contributed by atoms with Crippen LogP contribution in [0.1, 0.15) is 33.1 Å². The predicted molar refractivity (Wildman–Crippen MR) is 77.0 cm³/mol. The lowest BCUT2D eigenvalue weighted by molar-refractivity contribution is -0.136. The molecule has 112 valence electrons. The number of carbonyl (C=O) groups excluding carboxylic acids is 1. The molecule has 0 aromatic heterocycles. The number of nitrogens with zero attached hydrogens (tertiary/aromatic N) is 2. The van der Waals surface area contributed by atoms with E-state index in [2.05, 4.69) is 4.90 Å². The standard InChI is InChI=1S/C14H29N3O2/c1-14(2,19-3)12-13(18)17-9-5-8-16(10-11-17)7-4-6-15/h4-12,15H2,1-3H3. The summed E-state index contributed by atoms with van der Waals surface area (Å²) in [6.07, 6.45) is 2.53. The molecule has 0 radical (unpaired) electrons. The van der Waals surface area contributed by atoms with Crippen molar-refractivity contribution in [1.29, 1.82) is 0 Å². The number of hydrogen-bond donors (Lipinski definition) is 1. The molecule has 1 aliphatic rings. The lowest BCUT2D eigenvalue weighted by Crippen LogP contribution is -2.39. The number of methoxy groups -OCH3 is 1. The lowest BCUT2D eigenvalue weighted by Gasteiger charge is -2.27. The normalized spacial score (nSPS) is 18.4. The summed E-state index contributed by atoms with van der Waals surface area (Å²) in [6.45, 7) is 9.40. The highest BCUT2D eigenvalue weighted by Gasteiger charge is 2.26. The summed E-state index contributed by atoms with van der Waals surface area (Å²) in [4.78, 5) is 16.6. The number of carbonyl (C=O) groups is 1. The Morgan fingerprint density at radius 3 is 2.63 bits per heavy atom. The minimum absolute atomic E-state index is 0.201. The zero-order valence-corrected chi connectivity index (χ0v) is 12.7. The van der Waals surface area contributed by atoms with E-state index in [1.165, 1.54) is 0 Å². The average molecular weight is 271 g/mol. The fourth-order valence-electron chi connectivity index (χ4n) is 2.31. The molecule has 0 bridgehead atoms. The van der Waals surface area contributed by atoms with Crippen LogP contribution >= 0.6 is 0 Å². The third kappa shape index (κ3) is 5.89. The molecule has 0 saturated carbocycles. The van der Waals surface area contributed by atoms with Gasteiger partial charge in [0.15, 0.2) is 0 Å². The second kappa shape index (κ2) is 7.82. The Morgan fingerprint density at radius 1 is 1.26 bits per heavy atom. The van der Waals surface area contributed by atoms with Crippen LogP contribution in [0.15, 0.2) is 0 Å². The molecule has 19 heavy (non-hydrogen) atoms. The number of rotatable bonds is 6. The van der Waals surface area contributed by atoms with Crippen molar-refractivity contribution in [3.8, 4) is 0 Å². The first-order valence-electron chi connectivity index (χ1n) is 7.24. The summed E-state index contributed by atoms with van der Waals surface area (Å²) in [7, 11) is 1.66. The van der Waals surface area contributed by atoms with E-state index in [4.69, 9.17) is 10.5 Å². The maximum absolute atomic E-state index is 12.3. The van der Waals surface area contributed by atoms with Gasteiger partial charge in [0.25, 0.3) is 0 Å². The first-order valence-corrected chi connectivity index (χ1v) is 7.24. The molecule has 5 heteroatoms. The molecule has 0 aliphatic carbocycles. The Bertz CT molecular complexity index is 282. The highest BCUT2D eigenvalue weighted by molar-refractivity contribution is 5.77. The predicted octanol–water partition coefficient (Wildman–Crippen LogP) is 0.685. The van der Waals surface area contributed by atoms with E-state index in [0.29, 0.717) is 6.42 Å². The summed E-state index contributed by atoms with van der Waals surface area (Å²) < 4.78 is 5.33. The summed E-state index contributed by atoms with van der Waals surface area (Å²) in [5.74, 6) is 0.201. The number of hydrogen-bond acceptors (Lipinski definition) is 4. The first-order chi connectivity index (χ1) is 8.98. The maximum Gasteiger partial charge on any atom is 0.225 e. The molecule has 0 aromatic rings. The van der Waals surface area contributed by atoms with Gasteiger partial charge in [-0.05, 0) is 46.3 Å². The van der Waals surface area contributed by atoms with E-state index in [9.17, 15) is 4.79 Å². The van der Waals surface area contributed by atoms with Gasteiger partial charge in [-0.2, -0.15) is 0 Å². The molecule has 1 saturated heterocycles. The second-order valence-corrected chi connectivity index (χ2v) is 5.86. The van der Waals surface area contributed by atoms with Crippen LogP contribution in [0.4, 0.5) is 0 Å². The number of nitrogens with two attached hydrogens (primary N) is 1. The summed E-state index contributed by atoms with van der Waals surface area (Å²) >= 11 is 0. The van der Waals surface area contributed by atoms with Crippen LogP contribution in [-0.4, -0.2) is 67.7 Å². The van der Waals surface area contributed by atoms with Gasteiger partial charge >= 0.3 is 0 Å². The molecule has 1 rings (SSSR count). The minimum atomic E-state index is -0.372. The molecule has 1 amide bonds. The van der Waals surface area contributed by atoms with Crippen LogP contribution in [0, 0.1) is 0 Å². The molecule has 0 spiro atoms. The highest BCUT2D eigenvalue weighted by atomic mass is 16.5. The lowest BCUT2D eigenvalue weighted by atomic mass is 10.0. The van der Waals surface area contributed by atoms with Crippen molar-refractivity contribution < 1.29 is 9.53 Å². The average Bonchev–Trinajstić information content (AvgIpc) is 2.61. The molecule has 0 atom stereocenters. The van der Waals surface area contributed by atoms with Gasteiger partial charge in [0.05, 0.1) is 12.0 Å². The van der Waals surface area contributed by atoms with E-state index < -0.39 is 0 Å². The minimum Gasteiger partial charge on any atom is -0.378 e. The van der Waals surface area contributed by atoms with Gasteiger partial charge < -0.3 is 20.3 Å². The van der Waals surface area contributed by atoms with Crippen molar-refractivity contribution in [1.82, 2.24) is 9.80 Å². The van der Waals surface area contributed by atoms with Crippen LogP contribution in [0.2, 0.25) is 0 Å². The fourth-order valence-corrected chi connectivity index (χ4v) is 2.31. The number of amides is 1. The molecular weight excluding hydrogens is 242 g/mol. The Hall–Kier alpha value is -0.650. The molecule has 0 unspecified atom stereocenters. The van der Waals surface area contributed by atoms with Gasteiger partial charge in [-0.25, -0.2) is 0 Å². The quantitative estimate of drug-likeness (QED) is 0.772. The van der Waals surface area contributed by atoms with Crippen LogP contribution in [0.5, 0.6) is 0 Å². The maximum atomic E-state index is 12.3. The van der Waals surface area contributed by atoms with Crippen molar-refractivity contribution >= 4 is 5.91 Å². The van der Waals surface area contributed by atoms with Crippen molar-refractivity contribution in [2.45, 2.75) is 38.7 Å². The van der Waals surface area contributed by atoms with Crippen LogP contribution in [0.25, 0.3) is 0 Å². The van der Waals surface area contributed by atoms with E-state index >= 15 is 0 Å². The number of ether oxygens (including phenoxy) is 1. The van der Waals surface area contributed by atoms with Crippen molar-refractivity contribution in [2.75, 3.05) is 46.4 Å². The van der Waals surface area contributed by atoms with Gasteiger partial charge in [-0.1, -0.05) is 0 Å². The SMILES string of the molecule is COC(C)(C)CC(=O)N1CCCN(CCCN)CC1. The molecule has 1 aliphatic heterocycles. The van der Waals surface area contributed by atoms with E-state index in [1.54, 1.807) is 7.11 Å². The van der Waals surface area contributed by atoms with Crippen LogP contribution in [0.3, 0.4) is 0 Å². The smallest absolute Gasteiger partial charge is 0.225 e. The van der Waals surface area contributed by atoms with Crippen LogP contribution in [-0.2, 0) is 9.53 Å². The van der Waals surface area contributed by atoms with Gasteiger partial charge in [0, 0.05) is 26.7 Å². The molecule has 5 nitrogen and oxygen atoms in total. The van der Waals surface area contributed by atoms with Crippen LogP contribution < -0.4 is 5.73 Å². The molecule has 1 heterocycles. The fraction of sp³-hybridized carbons (Fsp3) is 0.929. The van der Waals surface area contributed by atoms with Gasteiger partial charge in [0.2, 0.25) is 5.91 Å². The topological polar surface area (TPSA) is 58.8 Å². The molecular formula is C14H29N3O2. The Morgan fingerprint density at radius 2 is 2.00 bits per heavy atom.